The Morgan fingerprint density at radius 1 is 1.10 bits per heavy atom. The van der Waals surface area contributed by atoms with Gasteiger partial charge in [-0.05, 0) is 69.1 Å². The third-order valence-corrected chi connectivity index (χ3v) is 13.8. The van der Waals surface area contributed by atoms with Crippen LogP contribution in [-0.2, 0) is 14.8 Å². The van der Waals surface area contributed by atoms with E-state index < -0.39 is 30.0 Å². The predicted molar refractivity (Wildman–Crippen MR) is 172 cm³/mol. The lowest BCUT2D eigenvalue weighted by Gasteiger charge is -2.36. The Bertz CT molecular complexity index is 1500. The summed E-state index contributed by atoms with van der Waals surface area (Å²) in [4.78, 5) is 19.5. The van der Waals surface area contributed by atoms with E-state index >= 15 is 0 Å². The zero-order valence-electron chi connectivity index (χ0n) is 26.1. The molecule has 0 aliphatic carbocycles. The Morgan fingerprint density at radius 3 is 2.40 bits per heavy atom. The highest BCUT2D eigenvalue weighted by Crippen LogP contribution is 2.38. The number of carbonyl (C=O) groups excluding carboxylic acids is 1. The number of halogens is 1. The Morgan fingerprint density at radius 2 is 1.79 bits per heavy atom. The number of hydrogen-bond donors (Lipinski definition) is 0. The molecule has 1 aromatic carbocycles. The summed E-state index contributed by atoms with van der Waals surface area (Å²) < 4.78 is 40.3. The number of anilines is 1. The van der Waals surface area contributed by atoms with Crippen LogP contribution < -0.4 is 9.33 Å². The summed E-state index contributed by atoms with van der Waals surface area (Å²) in [5.74, 6) is 1.28. The third-order valence-electron chi connectivity index (χ3n) is 7.22. The van der Waals surface area contributed by atoms with E-state index in [1.165, 1.54) is 16.3 Å². The smallest absolute Gasteiger partial charge is 0.416 e. The maximum absolute atomic E-state index is 13.3. The molecule has 0 atom stereocenters. The Hall–Kier alpha value is -2.67. The number of amides is 1. The first kappa shape index (κ1) is 33.8. The molecule has 0 unspecified atom stereocenters. The van der Waals surface area contributed by atoms with Gasteiger partial charge in [0.2, 0.25) is 18.3 Å². The minimum atomic E-state index is -3.53. The number of ether oxygens (including phenoxy) is 1. The quantitative estimate of drug-likeness (QED) is 0.177. The summed E-state index contributed by atoms with van der Waals surface area (Å²) in [6.45, 7) is 16.4. The zero-order chi connectivity index (χ0) is 31.5. The van der Waals surface area contributed by atoms with Crippen LogP contribution in [-0.4, -0.2) is 79.1 Å². The van der Waals surface area contributed by atoms with Gasteiger partial charge in [-0.1, -0.05) is 32.9 Å². The van der Waals surface area contributed by atoms with Crippen LogP contribution in [0.15, 0.2) is 42.7 Å². The number of rotatable bonds is 11. The lowest BCUT2D eigenvalue weighted by atomic mass is 10.1. The fraction of sp³-hybridized carbons (Fsp3) is 0.552. The van der Waals surface area contributed by atoms with Gasteiger partial charge in [0.15, 0.2) is 5.65 Å². The van der Waals surface area contributed by atoms with Crippen molar-refractivity contribution in [2.24, 2.45) is 0 Å². The first-order valence-electron chi connectivity index (χ1n) is 14.0. The molecule has 1 amide bonds. The highest BCUT2D eigenvalue weighted by molar-refractivity contribution is 7.89. The SMILES string of the molecule is CN(CCN(C(=O)OC(C)(C)C)c1ccn2ncc(-c3cccc(O[Si](C)(C)C(C)(C)C)c3)c2n1)S(=O)(=O)CCCCl. The van der Waals surface area contributed by atoms with E-state index in [4.69, 9.17) is 25.7 Å². The van der Waals surface area contributed by atoms with Crippen molar-refractivity contribution in [2.45, 2.75) is 71.7 Å². The first-order chi connectivity index (χ1) is 19.3. The van der Waals surface area contributed by atoms with Crippen LogP contribution >= 0.6 is 11.6 Å². The minimum Gasteiger partial charge on any atom is -0.543 e. The number of carbonyl (C=O) groups is 1. The predicted octanol–water partition coefficient (Wildman–Crippen LogP) is 6.41. The molecule has 0 radical (unpaired) electrons. The molecule has 2 aromatic heterocycles. The number of benzene rings is 1. The number of aromatic nitrogens is 3. The molecular formula is C29H44ClN5O5SSi. The second-order valence-electron chi connectivity index (χ2n) is 12.8. The van der Waals surface area contributed by atoms with Crippen molar-refractivity contribution in [3.63, 3.8) is 0 Å². The monoisotopic (exact) mass is 637 g/mol. The van der Waals surface area contributed by atoms with Gasteiger partial charge >= 0.3 is 6.09 Å². The molecule has 0 spiro atoms. The lowest BCUT2D eigenvalue weighted by Crippen LogP contribution is -2.43. The Balaban J connectivity index is 1.98. The van der Waals surface area contributed by atoms with Crippen molar-refractivity contribution >= 4 is 47.5 Å². The molecule has 13 heteroatoms. The van der Waals surface area contributed by atoms with Gasteiger partial charge in [0, 0.05) is 37.8 Å². The van der Waals surface area contributed by atoms with Crippen LogP contribution in [0.1, 0.15) is 48.0 Å². The summed E-state index contributed by atoms with van der Waals surface area (Å²) >= 11 is 5.70. The molecule has 3 aromatic rings. The molecule has 10 nitrogen and oxygen atoms in total. The lowest BCUT2D eigenvalue weighted by molar-refractivity contribution is 0.0578. The fourth-order valence-corrected chi connectivity index (χ4v) is 6.27. The van der Waals surface area contributed by atoms with E-state index in [0.29, 0.717) is 17.9 Å². The molecule has 3 rings (SSSR count). The molecule has 0 fully saturated rings. The standard InChI is InChI=1S/C29H44ClN5O5SSi/c1-28(2,3)39-27(36)34(18-17-33(7)41(37,38)19-11-15-30)25-14-16-35-26(32-25)24(21-31-35)22-12-10-13-23(20-22)40-42(8,9)29(4,5)6/h10,12-14,16,20-21H,11,15,17-19H2,1-9H3. The normalized spacial score (nSPS) is 13.0. The van der Waals surface area contributed by atoms with Crippen LogP contribution in [0.3, 0.4) is 0 Å². The van der Waals surface area contributed by atoms with E-state index in [0.717, 1.165) is 16.9 Å². The van der Waals surface area contributed by atoms with Crippen LogP contribution in [0.5, 0.6) is 5.75 Å². The van der Waals surface area contributed by atoms with Gasteiger partial charge in [-0.25, -0.2) is 27.0 Å². The second-order valence-corrected chi connectivity index (χ2v) is 20.1. The number of hydrogen-bond acceptors (Lipinski definition) is 7. The molecule has 2 heterocycles. The summed E-state index contributed by atoms with van der Waals surface area (Å²) in [5, 5.41) is 4.52. The van der Waals surface area contributed by atoms with Crippen molar-refractivity contribution in [3.05, 3.63) is 42.7 Å². The summed E-state index contributed by atoms with van der Waals surface area (Å²) in [7, 11) is -4.09. The van der Waals surface area contributed by atoms with Gasteiger partial charge in [-0.15, -0.1) is 11.6 Å². The van der Waals surface area contributed by atoms with Gasteiger partial charge in [0.1, 0.15) is 17.2 Å². The largest absolute Gasteiger partial charge is 0.543 e. The summed E-state index contributed by atoms with van der Waals surface area (Å²) in [6.07, 6.45) is 3.16. The number of alkyl halides is 1. The molecule has 232 valence electrons. The zero-order valence-corrected chi connectivity index (χ0v) is 28.7. The van der Waals surface area contributed by atoms with Crippen LogP contribution in [0, 0.1) is 0 Å². The van der Waals surface area contributed by atoms with Crippen molar-refractivity contribution in [2.75, 3.05) is 36.7 Å². The van der Waals surface area contributed by atoms with Crippen molar-refractivity contribution in [1.29, 1.82) is 0 Å². The van der Waals surface area contributed by atoms with Crippen molar-refractivity contribution in [1.82, 2.24) is 18.9 Å². The summed E-state index contributed by atoms with van der Waals surface area (Å²) in [5.41, 5.74) is 1.42. The summed E-state index contributed by atoms with van der Waals surface area (Å²) in [6, 6.07) is 9.51. The highest BCUT2D eigenvalue weighted by Gasteiger charge is 2.39. The highest BCUT2D eigenvalue weighted by atomic mass is 35.5. The molecule has 0 aliphatic rings. The maximum Gasteiger partial charge on any atom is 0.416 e. The molecule has 0 saturated carbocycles. The second kappa shape index (κ2) is 12.9. The molecule has 0 aliphatic heterocycles. The van der Waals surface area contributed by atoms with Gasteiger partial charge in [0.25, 0.3) is 0 Å². The topological polar surface area (TPSA) is 106 Å². The fourth-order valence-electron chi connectivity index (χ4n) is 3.78. The Kier molecular flexibility index (Phi) is 10.4. The van der Waals surface area contributed by atoms with E-state index in [9.17, 15) is 13.2 Å². The molecular weight excluding hydrogens is 594 g/mol. The third kappa shape index (κ3) is 8.46. The number of likely N-dealkylation sites (N-methyl/N-ethyl adjacent to an activating group) is 1. The van der Waals surface area contributed by atoms with Gasteiger partial charge < -0.3 is 9.16 Å². The van der Waals surface area contributed by atoms with E-state index in [-0.39, 0.29) is 29.8 Å². The van der Waals surface area contributed by atoms with E-state index in [1.807, 2.05) is 24.3 Å². The average Bonchev–Trinajstić information content (AvgIpc) is 3.29. The molecule has 0 saturated heterocycles. The van der Waals surface area contributed by atoms with Crippen molar-refractivity contribution < 1.29 is 22.4 Å². The number of fused-ring (bicyclic) bond motifs is 1. The molecule has 0 N–H and O–H groups in total. The van der Waals surface area contributed by atoms with Crippen LogP contribution in [0.4, 0.5) is 10.6 Å². The van der Waals surface area contributed by atoms with E-state index in [2.05, 4.69) is 39.0 Å². The number of sulfonamides is 1. The van der Waals surface area contributed by atoms with Gasteiger partial charge in [-0.3, -0.25) is 4.90 Å². The average molecular weight is 638 g/mol. The maximum atomic E-state index is 13.3. The Labute approximate surface area is 256 Å². The van der Waals surface area contributed by atoms with E-state index in [1.54, 1.807) is 43.7 Å². The minimum absolute atomic E-state index is 0.0357. The van der Waals surface area contributed by atoms with Crippen LogP contribution in [0.2, 0.25) is 18.1 Å². The van der Waals surface area contributed by atoms with Crippen molar-refractivity contribution in [3.8, 4) is 16.9 Å². The van der Waals surface area contributed by atoms with Crippen LogP contribution in [0.25, 0.3) is 16.8 Å². The van der Waals surface area contributed by atoms with Gasteiger partial charge in [0.05, 0.1) is 11.9 Å². The number of nitrogens with zero attached hydrogens (tertiary/aromatic N) is 5. The molecule has 0 bridgehead atoms. The molecule has 42 heavy (non-hydrogen) atoms. The van der Waals surface area contributed by atoms with Gasteiger partial charge in [-0.2, -0.15) is 5.10 Å². The first-order valence-corrected chi connectivity index (χ1v) is 19.0.